The number of rotatable bonds is 4. The first-order valence-electron chi connectivity index (χ1n) is 4.75. The van der Waals surface area contributed by atoms with Crippen molar-refractivity contribution in [2.45, 2.75) is 31.6 Å². The van der Waals surface area contributed by atoms with Crippen molar-refractivity contribution in [1.82, 2.24) is 0 Å². The summed E-state index contributed by atoms with van der Waals surface area (Å²) < 4.78 is 11.6. The molecule has 1 unspecified atom stereocenters. The van der Waals surface area contributed by atoms with Crippen molar-refractivity contribution in [3.05, 3.63) is 29.8 Å². The number of benzene rings is 1. The van der Waals surface area contributed by atoms with E-state index in [-0.39, 0.29) is 0 Å². The number of hydrogen-bond donors (Lipinski definition) is 0. The molecule has 0 bridgehead atoms. The summed E-state index contributed by atoms with van der Waals surface area (Å²) in [5, 5.41) is 0. The van der Waals surface area contributed by atoms with E-state index in [0.717, 1.165) is 17.7 Å². The maximum atomic E-state index is 11.6. The van der Waals surface area contributed by atoms with E-state index in [9.17, 15) is 4.21 Å². The normalized spacial score (nSPS) is 12.8. The largest absolute Gasteiger partial charge is 0.254 e. The predicted molar refractivity (Wildman–Crippen MR) is 57.4 cm³/mol. The van der Waals surface area contributed by atoms with Gasteiger partial charge in [-0.25, -0.2) is 0 Å². The zero-order valence-electron chi connectivity index (χ0n) is 8.25. The Morgan fingerprint density at radius 3 is 2.54 bits per heavy atom. The van der Waals surface area contributed by atoms with Crippen molar-refractivity contribution in [1.29, 1.82) is 0 Å². The van der Waals surface area contributed by atoms with Gasteiger partial charge < -0.3 is 0 Å². The van der Waals surface area contributed by atoms with Crippen LogP contribution in [0.25, 0.3) is 0 Å². The zero-order chi connectivity index (χ0) is 9.68. The maximum absolute atomic E-state index is 11.6. The molecule has 0 N–H and O–H groups in total. The average molecular weight is 196 g/mol. The van der Waals surface area contributed by atoms with Gasteiger partial charge in [-0.05, 0) is 18.1 Å². The molecule has 0 saturated carbocycles. The van der Waals surface area contributed by atoms with Crippen LogP contribution in [-0.2, 0) is 17.2 Å². The second kappa shape index (κ2) is 5.18. The quantitative estimate of drug-likeness (QED) is 0.723. The third-order valence-corrected chi connectivity index (χ3v) is 3.41. The standard InChI is InChI=1S/C11H16OS/c1-3-7-10-8-5-6-9-11(10)13(12)4-2/h5-6,8-9H,3-4,7H2,1-2H3. The molecule has 1 rings (SSSR count). The van der Waals surface area contributed by atoms with Crippen molar-refractivity contribution in [3.63, 3.8) is 0 Å². The molecule has 0 amide bonds. The van der Waals surface area contributed by atoms with Crippen molar-refractivity contribution >= 4 is 10.8 Å². The van der Waals surface area contributed by atoms with Crippen molar-refractivity contribution in [2.75, 3.05) is 5.75 Å². The lowest BCUT2D eigenvalue weighted by molar-refractivity contribution is 0.682. The van der Waals surface area contributed by atoms with Crippen LogP contribution in [0.4, 0.5) is 0 Å². The molecule has 2 heteroatoms. The van der Waals surface area contributed by atoms with Gasteiger partial charge >= 0.3 is 0 Å². The van der Waals surface area contributed by atoms with Crippen LogP contribution in [0.5, 0.6) is 0 Å². The molecule has 0 heterocycles. The van der Waals surface area contributed by atoms with E-state index in [1.54, 1.807) is 0 Å². The first-order chi connectivity index (χ1) is 6.29. The Kier molecular flexibility index (Phi) is 4.16. The van der Waals surface area contributed by atoms with Gasteiger partial charge in [0.15, 0.2) is 0 Å². The summed E-state index contributed by atoms with van der Waals surface area (Å²) in [7, 11) is -0.803. The van der Waals surface area contributed by atoms with Crippen LogP contribution in [0, 0.1) is 0 Å². The van der Waals surface area contributed by atoms with Crippen molar-refractivity contribution < 1.29 is 4.21 Å². The molecular weight excluding hydrogens is 180 g/mol. The fraction of sp³-hybridized carbons (Fsp3) is 0.455. The summed E-state index contributed by atoms with van der Waals surface area (Å²) in [5.41, 5.74) is 1.24. The summed E-state index contributed by atoms with van der Waals surface area (Å²) in [4.78, 5) is 1.02. The maximum Gasteiger partial charge on any atom is 0.0529 e. The van der Waals surface area contributed by atoms with Gasteiger partial charge in [-0.15, -0.1) is 0 Å². The minimum atomic E-state index is -0.803. The third-order valence-electron chi connectivity index (χ3n) is 2.00. The molecule has 13 heavy (non-hydrogen) atoms. The topological polar surface area (TPSA) is 17.1 Å². The molecule has 0 fully saturated rings. The van der Waals surface area contributed by atoms with E-state index in [4.69, 9.17) is 0 Å². The van der Waals surface area contributed by atoms with E-state index in [1.165, 1.54) is 5.56 Å². The molecule has 0 aliphatic rings. The second-order valence-electron chi connectivity index (χ2n) is 2.99. The number of hydrogen-bond acceptors (Lipinski definition) is 1. The van der Waals surface area contributed by atoms with E-state index in [0.29, 0.717) is 5.75 Å². The highest BCUT2D eigenvalue weighted by Gasteiger charge is 2.05. The van der Waals surface area contributed by atoms with E-state index < -0.39 is 10.8 Å². The third kappa shape index (κ3) is 2.66. The molecule has 0 saturated heterocycles. The summed E-state index contributed by atoms with van der Waals surface area (Å²) in [6.45, 7) is 4.10. The lowest BCUT2D eigenvalue weighted by atomic mass is 10.1. The SMILES string of the molecule is CCCc1ccccc1S(=O)CC. The van der Waals surface area contributed by atoms with Gasteiger partial charge in [0.25, 0.3) is 0 Å². The van der Waals surface area contributed by atoms with Gasteiger partial charge in [-0.1, -0.05) is 38.5 Å². The summed E-state index contributed by atoms with van der Waals surface area (Å²) in [6.07, 6.45) is 2.14. The molecule has 1 aromatic carbocycles. The Balaban J connectivity index is 2.97. The van der Waals surface area contributed by atoms with Crippen LogP contribution in [0.2, 0.25) is 0 Å². The molecule has 1 aromatic rings. The fourth-order valence-electron chi connectivity index (χ4n) is 1.36. The number of aryl methyl sites for hydroxylation is 1. The molecule has 0 radical (unpaired) electrons. The highest BCUT2D eigenvalue weighted by atomic mass is 32.2. The van der Waals surface area contributed by atoms with Crippen LogP contribution in [-0.4, -0.2) is 9.96 Å². The van der Waals surface area contributed by atoms with Gasteiger partial charge in [0.2, 0.25) is 0 Å². The Morgan fingerprint density at radius 2 is 1.92 bits per heavy atom. The Bertz CT molecular complexity index is 294. The van der Waals surface area contributed by atoms with E-state index in [1.807, 2.05) is 25.1 Å². The van der Waals surface area contributed by atoms with Crippen LogP contribution < -0.4 is 0 Å². The predicted octanol–water partition coefficient (Wildman–Crippen LogP) is 2.77. The molecule has 0 aromatic heterocycles. The van der Waals surface area contributed by atoms with Gasteiger partial charge in [0.1, 0.15) is 0 Å². The Labute approximate surface area is 82.6 Å². The van der Waals surface area contributed by atoms with E-state index >= 15 is 0 Å². The fourth-order valence-corrected chi connectivity index (χ4v) is 2.36. The van der Waals surface area contributed by atoms with Gasteiger partial charge in [0, 0.05) is 10.6 Å². The van der Waals surface area contributed by atoms with Gasteiger partial charge in [-0.2, -0.15) is 0 Å². The molecule has 0 aliphatic heterocycles. The minimum Gasteiger partial charge on any atom is -0.254 e. The summed E-state index contributed by atoms with van der Waals surface area (Å²) >= 11 is 0. The van der Waals surface area contributed by atoms with E-state index in [2.05, 4.69) is 13.0 Å². The highest BCUT2D eigenvalue weighted by Crippen LogP contribution is 2.15. The van der Waals surface area contributed by atoms with Crippen LogP contribution in [0.3, 0.4) is 0 Å². The smallest absolute Gasteiger partial charge is 0.0529 e. The summed E-state index contributed by atoms with van der Waals surface area (Å²) in [6, 6.07) is 8.03. The van der Waals surface area contributed by atoms with Crippen molar-refractivity contribution in [3.8, 4) is 0 Å². The van der Waals surface area contributed by atoms with Gasteiger partial charge in [0.05, 0.1) is 10.8 Å². The van der Waals surface area contributed by atoms with Gasteiger partial charge in [-0.3, -0.25) is 4.21 Å². The monoisotopic (exact) mass is 196 g/mol. The molecule has 0 aliphatic carbocycles. The average Bonchev–Trinajstić information content (AvgIpc) is 2.18. The lowest BCUT2D eigenvalue weighted by Gasteiger charge is -2.06. The molecular formula is C11H16OS. The highest BCUT2D eigenvalue weighted by molar-refractivity contribution is 7.85. The lowest BCUT2D eigenvalue weighted by Crippen LogP contribution is -1.99. The molecule has 1 nitrogen and oxygen atoms in total. The first-order valence-corrected chi connectivity index (χ1v) is 6.07. The van der Waals surface area contributed by atoms with Crippen LogP contribution in [0.15, 0.2) is 29.2 Å². The molecule has 72 valence electrons. The molecule has 0 spiro atoms. The van der Waals surface area contributed by atoms with Crippen LogP contribution >= 0.6 is 0 Å². The van der Waals surface area contributed by atoms with Crippen LogP contribution in [0.1, 0.15) is 25.8 Å². The Hall–Kier alpha value is -0.630. The summed E-state index contributed by atoms with van der Waals surface area (Å²) in [5.74, 6) is 0.709. The zero-order valence-corrected chi connectivity index (χ0v) is 9.06. The second-order valence-corrected chi connectivity index (χ2v) is 4.70. The molecule has 1 atom stereocenters. The Morgan fingerprint density at radius 1 is 1.23 bits per heavy atom. The van der Waals surface area contributed by atoms with Crippen molar-refractivity contribution in [2.24, 2.45) is 0 Å². The minimum absolute atomic E-state index is 0.709. The first kappa shape index (κ1) is 10.5.